The number of fused-ring (bicyclic) bond motifs is 1. The molecule has 0 atom stereocenters. The van der Waals surface area contributed by atoms with Crippen LogP contribution in [-0.2, 0) is 6.42 Å². The smallest absolute Gasteiger partial charge is 0.343 e. The molecule has 1 heterocycles. The molecule has 0 amide bonds. The highest BCUT2D eigenvalue weighted by atomic mass is 79.9. The van der Waals surface area contributed by atoms with Crippen LogP contribution in [-0.4, -0.2) is 22.0 Å². The predicted molar refractivity (Wildman–Crippen MR) is 130 cm³/mol. The van der Waals surface area contributed by atoms with E-state index in [2.05, 4.69) is 31.9 Å². The van der Waals surface area contributed by atoms with Crippen molar-refractivity contribution in [3.63, 3.8) is 0 Å². The van der Waals surface area contributed by atoms with Crippen LogP contribution in [0.2, 0.25) is 0 Å². The van der Waals surface area contributed by atoms with Crippen LogP contribution in [0.5, 0.6) is 17.2 Å². The van der Waals surface area contributed by atoms with Gasteiger partial charge in [-0.3, -0.25) is 4.79 Å². The van der Waals surface area contributed by atoms with Gasteiger partial charge in [-0.2, -0.15) is 0 Å². The lowest BCUT2D eigenvalue weighted by molar-refractivity contribution is 0.0729. The van der Waals surface area contributed by atoms with E-state index in [1.165, 1.54) is 24.3 Å². The predicted octanol–water partition coefficient (Wildman–Crippen LogP) is 6.77. The molecule has 8 heteroatoms. The van der Waals surface area contributed by atoms with E-state index in [1.807, 2.05) is 6.92 Å². The third-order valence-electron chi connectivity index (χ3n) is 5.04. The van der Waals surface area contributed by atoms with Crippen molar-refractivity contribution in [2.24, 2.45) is 0 Å². The summed E-state index contributed by atoms with van der Waals surface area (Å²) in [6.45, 7) is 1.96. The zero-order chi connectivity index (χ0) is 23.7. The van der Waals surface area contributed by atoms with E-state index in [1.54, 1.807) is 30.3 Å². The van der Waals surface area contributed by atoms with Crippen molar-refractivity contribution in [1.82, 2.24) is 0 Å². The molecule has 4 aromatic rings. The highest BCUT2D eigenvalue weighted by Gasteiger charge is 2.25. The lowest BCUT2D eigenvalue weighted by atomic mass is 9.98. The second-order valence-corrected chi connectivity index (χ2v) is 9.05. The van der Waals surface area contributed by atoms with Gasteiger partial charge in [-0.05, 0) is 68.6 Å². The molecule has 3 aromatic carbocycles. The van der Waals surface area contributed by atoms with Crippen molar-refractivity contribution in [3.8, 4) is 17.2 Å². The van der Waals surface area contributed by atoms with Crippen molar-refractivity contribution in [2.45, 2.75) is 19.8 Å². The van der Waals surface area contributed by atoms with Crippen LogP contribution in [0.3, 0.4) is 0 Å². The number of rotatable bonds is 6. The lowest BCUT2D eigenvalue weighted by Gasteiger charge is -2.08. The van der Waals surface area contributed by atoms with Gasteiger partial charge in [-0.1, -0.05) is 25.1 Å². The summed E-state index contributed by atoms with van der Waals surface area (Å²) in [4.78, 5) is 25.9. The van der Waals surface area contributed by atoms with Gasteiger partial charge < -0.3 is 19.4 Å². The van der Waals surface area contributed by atoms with Crippen molar-refractivity contribution in [3.05, 3.63) is 86.0 Å². The van der Waals surface area contributed by atoms with Crippen molar-refractivity contribution >= 4 is 54.6 Å². The van der Waals surface area contributed by atoms with Gasteiger partial charge in [0.2, 0.25) is 0 Å². The Bertz CT molecular complexity index is 1350. The minimum atomic E-state index is -0.624. The van der Waals surface area contributed by atoms with E-state index in [0.717, 1.165) is 6.42 Å². The fraction of sp³-hybridized carbons (Fsp3) is 0.120. The molecule has 33 heavy (non-hydrogen) atoms. The average molecular weight is 574 g/mol. The number of esters is 1. The summed E-state index contributed by atoms with van der Waals surface area (Å²) in [7, 11) is 0. The minimum Gasteiger partial charge on any atom is -0.506 e. The van der Waals surface area contributed by atoms with Crippen LogP contribution < -0.4 is 4.74 Å². The first-order valence-electron chi connectivity index (χ1n) is 10.1. The Hall–Kier alpha value is -3.10. The molecule has 0 saturated heterocycles. The number of hydrogen-bond donors (Lipinski definition) is 2. The number of ether oxygens (including phenoxy) is 1. The van der Waals surface area contributed by atoms with Crippen molar-refractivity contribution < 1.29 is 29.0 Å². The van der Waals surface area contributed by atoms with E-state index < -0.39 is 5.97 Å². The summed E-state index contributed by atoms with van der Waals surface area (Å²) >= 11 is 6.49. The Labute approximate surface area is 206 Å². The molecule has 0 aliphatic carbocycles. The SMILES string of the molecule is CCCc1oc2cc(OC(=O)c3ccccc3)c(O)cc2c1C(=O)c1cc(Br)c(O)c(Br)c1. The second kappa shape index (κ2) is 9.41. The summed E-state index contributed by atoms with van der Waals surface area (Å²) < 4.78 is 12.0. The Morgan fingerprint density at radius 1 is 0.970 bits per heavy atom. The van der Waals surface area contributed by atoms with Crippen LogP contribution in [0, 0.1) is 0 Å². The van der Waals surface area contributed by atoms with Gasteiger partial charge in [-0.25, -0.2) is 4.79 Å². The van der Waals surface area contributed by atoms with Gasteiger partial charge in [-0.15, -0.1) is 0 Å². The van der Waals surface area contributed by atoms with Gasteiger partial charge in [0.15, 0.2) is 17.3 Å². The zero-order valence-corrected chi connectivity index (χ0v) is 20.6. The van der Waals surface area contributed by atoms with E-state index in [4.69, 9.17) is 9.15 Å². The van der Waals surface area contributed by atoms with Crippen LogP contribution in [0.4, 0.5) is 0 Å². The van der Waals surface area contributed by atoms with Crippen LogP contribution in [0.15, 0.2) is 68.0 Å². The number of phenolic OH excluding ortho intramolecular Hbond substituents is 2. The molecular weight excluding hydrogens is 556 g/mol. The van der Waals surface area contributed by atoms with Crippen molar-refractivity contribution in [1.29, 1.82) is 0 Å². The molecule has 0 aliphatic heterocycles. The number of carbonyl (C=O) groups is 2. The average Bonchev–Trinajstić information content (AvgIpc) is 3.14. The van der Waals surface area contributed by atoms with E-state index in [0.29, 0.717) is 48.8 Å². The van der Waals surface area contributed by atoms with E-state index in [-0.39, 0.29) is 23.0 Å². The molecule has 0 saturated carbocycles. The molecule has 0 spiro atoms. The Balaban J connectivity index is 1.79. The molecule has 0 aliphatic rings. The molecule has 0 bridgehead atoms. The Morgan fingerprint density at radius 3 is 2.27 bits per heavy atom. The Morgan fingerprint density at radius 2 is 1.64 bits per heavy atom. The summed E-state index contributed by atoms with van der Waals surface area (Å²) in [6.07, 6.45) is 1.22. The second-order valence-electron chi connectivity index (χ2n) is 7.34. The number of furan rings is 1. The fourth-order valence-electron chi connectivity index (χ4n) is 3.47. The largest absolute Gasteiger partial charge is 0.506 e. The van der Waals surface area contributed by atoms with E-state index >= 15 is 0 Å². The quantitative estimate of drug-likeness (QED) is 0.150. The summed E-state index contributed by atoms with van der Waals surface area (Å²) in [6, 6.07) is 14.2. The first-order chi connectivity index (χ1) is 15.8. The number of hydrogen-bond acceptors (Lipinski definition) is 6. The number of carbonyl (C=O) groups excluding carboxylic acids is 2. The Kier molecular flexibility index (Phi) is 6.58. The van der Waals surface area contributed by atoms with Crippen molar-refractivity contribution in [2.75, 3.05) is 0 Å². The topological polar surface area (TPSA) is 97.0 Å². The van der Waals surface area contributed by atoms with Gasteiger partial charge in [0, 0.05) is 23.4 Å². The molecule has 1 aromatic heterocycles. The normalized spacial score (nSPS) is 11.0. The minimum absolute atomic E-state index is 0.0140. The maximum Gasteiger partial charge on any atom is 0.343 e. The third kappa shape index (κ3) is 4.54. The lowest BCUT2D eigenvalue weighted by Crippen LogP contribution is -2.08. The van der Waals surface area contributed by atoms with Crippen LogP contribution >= 0.6 is 31.9 Å². The van der Waals surface area contributed by atoms with E-state index in [9.17, 15) is 19.8 Å². The number of halogens is 2. The fourth-order valence-corrected chi connectivity index (χ4v) is 4.66. The highest BCUT2D eigenvalue weighted by Crippen LogP contribution is 2.39. The molecule has 2 N–H and O–H groups in total. The summed E-state index contributed by atoms with van der Waals surface area (Å²) in [5, 5.41) is 20.9. The van der Waals surface area contributed by atoms with Gasteiger partial charge in [0.25, 0.3) is 0 Å². The monoisotopic (exact) mass is 572 g/mol. The maximum atomic E-state index is 13.4. The van der Waals surface area contributed by atoms with Gasteiger partial charge >= 0.3 is 5.97 Å². The number of benzene rings is 3. The zero-order valence-electron chi connectivity index (χ0n) is 17.4. The molecule has 4 rings (SSSR count). The van der Waals surface area contributed by atoms with Crippen LogP contribution in [0.25, 0.3) is 11.0 Å². The molecular formula is C25H18Br2O6. The van der Waals surface area contributed by atoms with Gasteiger partial charge in [0.1, 0.15) is 17.1 Å². The number of phenols is 2. The molecule has 0 fully saturated rings. The summed E-state index contributed by atoms with van der Waals surface area (Å²) in [5.41, 5.74) is 1.29. The standard InChI is InChI=1S/C25H18Br2O6/c1-2-6-19-22(23(29)14-9-16(26)24(30)17(27)10-14)15-11-18(28)21(12-20(15)32-19)33-25(31)13-7-4-3-5-8-13/h3-5,7-12,28,30H,2,6H2,1H3. The number of aromatic hydroxyl groups is 2. The van der Waals surface area contributed by atoms with Gasteiger partial charge in [0.05, 0.1) is 20.1 Å². The first kappa shape index (κ1) is 23.1. The van der Waals surface area contributed by atoms with Crippen LogP contribution in [0.1, 0.15) is 45.4 Å². The highest BCUT2D eigenvalue weighted by molar-refractivity contribution is 9.11. The number of ketones is 1. The molecule has 168 valence electrons. The molecule has 6 nitrogen and oxygen atoms in total. The molecule has 0 radical (unpaired) electrons. The molecule has 0 unspecified atom stereocenters. The third-order valence-corrected chi connectivity index (χ3v) is 6.25. The maximum absolute atomic E-state index is 13.4. The summed E-state index contributed by atoms with van der Waals surface area (Å²) in [5.74, 6) is -0.864. The first-order valence-corrected chi connectivity index (χ1v) is 11.7. The number of aryl methyl sites for hydroxylation is 1.